The van der Waals surface area contributed by atoms with Gasteiger partial charge in [-0.3, -0.25) is 4.79 Å². The number of halogens is 1. The molecule has 31 heavy (non-hydrogen) atoms. The van der Waals surface area contributed by atoms with E-state index in [1.807, 2.05) is 0 Å². The van der Waals surface area contributed by atoms with Gasteiger partial charge in [-0.2, -0.15) is 0 Å². The molecule has 1 heterocycles. The minimum atomic E-state index is -4.13. The van der Waals surface area contributed by atoms with Crippen LogP contribution < -0.4 is 14.8 Å². The fraction of sp³-hybridized carbons (Fsp3) is 0.350. The lowest BCUT2D eigenvalue weighted by Gasteiger charge is -2.18. The number of carbonyl (C=O) groups excluding carboxylic acids is 1. The summed E-state index contributed by atoms with van der Waals surface area (Å²) in [7, 11) is -7.60. The first-order valence-corrected chi connectivity index (χ1v) is 12.8. The Bertz CT molecular complexity index is 1190. The molecule has 2 aromatic carbocycles. The molecule has 1 aliphatic rings. The van der Waals surface area contributed by atoms with Crippen LogP contribution in [0.1, 0.15) is 37.0 Å². The predicted octanol–water partition coefficient (Wildman–Crippen LogP) is 2.02. The second kappa shape index (κ2) is 9.03. The molecule has 0 aromatic heterocycles. The molecular weight excluding hydrogens is 445 g/mol. The SMILES string of the molecule is CC(C)NS(=O)(=O)Cc1ccc(CNS(=O)(=O)c2cc3c(cc2F)NC(=O)CC3)cc1. The Balaban J connectivity index is 1.69. The number of aryl methyl sites for hydroxylation is 1. The molecule has 0 fully saturated rings. The molecule has 3 rings (SSSR count). The maximum atomic E-state index is 14.4. The fourth-order valence-electron chi connectivity index (χ4n) is 3.22. The first-order chi connectivity index (χ1) is 14.4. The Morgan fingerprint density at radius 3 is 2.32 bits per heavy atom. The summed E-state index contributed by atoms with van der Waals surface area (Å²) < 4.78 is 68.5. The first kappa shape index (κ1) is 23.3. The molecule has 0 aliphatic carbocycles. The van der Waals surface area contributed by atoms with Gasteiger partial charge in [0, 0.05) is 24.7 Å². The monoisotopic (exact) mass is 469 g/mol. The molecule has 0 spiro atoms. The molecule has 168 valence electrons. The zero-order valence-electron chi connectivity index (χ0n) is 17.1. The Labute approximate surface area is 181 Å². The molecule has 0 saturated heterocycles. The highest BCUT2D eigenvalue weighted by atomic mass is 32.2. The topological polar surface area (TPSA) is 121 Å². The molecule has 2 aromatic rings. The fourth-order valence-corrected chi connectivity index (χ4v) is 5.77. The van der Waals surface area contributed by atoms with Crippen LogP contribution in [-0.4, -0.2) is 28.8 Å². The lowest BCUT2D eigenvalue weighted by molar-refractivity contribution is -0.116. The molecule has 3 N–H and O–H groups in total. The number of anilines is 1. The van der Waals surface area contributed by atoms with Gasteiger partial charge in [0.15, 0.2) is 0 Å². The number of rotatable bonds is 8. The van der Waals surface area contributed by atoms with E-state index in [1.165, 1.54) is 6.07 Å². The third kappa shape index (κ3) is 6.10. The van der Waals surface area contributed by atoms with Crippen LogP contribution in [-0.2, 0) is 43.6 Å². The van der Waals surface area contributed by atoms with Crippen LogP contribution in [0.15, 0.2) is 41.3 Å². The highest BCUT2D eigenvalue weighted by molar-refractivity contribution is 7.89. The van der Waals surface area contributed by atoms with Gasteiger partial charge >= 0.3 is 0 Å². The number of carbonyl (C=O) groups is 1. The van der Waals surface area contributed by atoms with Crippen LogP contribution in [0.4, 0.5) is 10.1 Å². The smallest absolute Gasteiger partial charge is 0.243 e. The summed E-state index contributed by atoms with van der Waals surface area (Å²) in [6.07, 6.45) is 0.542. The Hall–Kier alpha value is -2.34. The Morgan fingerprint density at radius 1 is 1.03 bits per heavy atom. The van der Waals surface area contributed by atoms with Crippen LogP contribution in [0.5, 0.6) is 0 Å². The van der Waals surface area contributed by atoms with Crippen molar-refractivity contribution in [2.24, 2.45) is 0 Å². The van der Waals surface area contributed by atoms with Crippen LogP contribution in [0.25, 0.3) is 0 Å². The highest BCUT2D eigenvalue weighted by Gasteiger charge is 2.24. The van der Waals surface area contributed by atoms with Crippen LogP contribution >= 0.6 is 0 Å². The van der Waals surface area contributed by atoms with Gasteiger partial charge in [0.25, 0.3) is 0 Å². The summed E-state index contributed by atoms with van der Waals surface area (Å²) in [4.78, 5) is 10.9. The molecule has 8 nitrogen and oxygen atoms in total. The molecular formula is C20H24FN3O5S2. The van der Waals surface area contributed by atoms with Crippen molar-refractivity contribution >= 4 is 31.6 Å². The predicted molar refractivity (Wildman–Crippen MR) is 115 cm³/mol. The maximum absolute atomic E-state index is 14.4. The molecule has 1 amide bonds. The Morgan fingerprint density at radius 2 is 1.68 bits per heavy atom. The quantitative estimate of drug-likeness (QED) is 0.546. The average molecular weight is 470 g/mol. The zero-order chi connectivity index (χ0) is 22.8. The van der Waals surface area contributed by atoms with E-state index in [4.69, 9.17) is 0 Å². The van der Waals surface area contributed by atoms with Crippen LogP contribution in [0, 0.1) is 5.82 Å². The summed E-state index contributed by atoms with van der Waals surface area (Å²) in [5.74, 6) is -1.38. The van der Waals surface area contributed by atoms with E-state index < -0.39 is 30.8 Å². The number of sulfonamides is 2. The van der Waals surface area contributed by atoms with Gasteiger partial charge in [0.05, 0.1) is 5.75 Å². The van der Waals surface area contributed by atoms with Crippen molar-refractivity contribution in [1.29, 1.82) is 0 Å². The summed E-state index contributed by atoms with van der Waals surface area (Å²) >= 11 is 0. The second-order valence-corrected chi connectivity index (χ2v) is 11.1. The Kier molecular flexibility index (Phi) is 6.79. The number of benzene rings is 2. The first-order valence-electron chi connectivity index (χ1n) is 9.65. The lowest BCUT2D eigenvalue weighted by atomic mass is 10.0. The number of hydrogen-bond acceptors (Lipinski definition) is 5. The van der Waals surface area contributed by atoms with Gasteiger partial charge in [-0.1, -0.05) is 24.3 Å². The summed E-state index contributed by atoms with van der Waals surface area (Å²) in [5.41, 5.74) is 1.99. The maximum Gasteiger partial charge on any atom is 0.243 e. The van der Waals surface area contributed by atoms with Gasteiger partial charge in [-0.15, -0.1) is 0 Å². The van der Waals surface area contributed by atoms with Crippen molar-refractivity contribution in [3.8, 4) is 0 Å². The van der Waals surface area contributed by atoms with E-state index in [9.17, 15) is 26.0 Å². The number of hydrogen-bond donors (Lipinski definition) is 3. The second-order valence-electron chi connectivity index (χ2n) is 7.66. The minimum absolute atomic E-state index is 0.0904. The van der Waals surface area contributed by atoms with Gasteiger partial charge in [-0.05, 0) is 49.1 Å². The van der Waals surface area contributed by atoms with Gasteiger partial charge < -0.3 is 5.32 Å². The largest absolute Gasteiger partial charge is 0.326 e. The molecule has 1 aliphatic heterocycles. The van der Waals surface area contributed by atoms with Crippen LogP contribution in [0.3, 0.4) is 0 Å². The number of nitrogens with one attached hydrogen (secondary N) is 3. The van der Waals surface area contributed by atoms with E-state index in [0.29, 0.717) is 23.1 Å². The molecule has 0 unspecified atom stereocenters. The van der Waals surface area contributed by atoms with Gasteiger partial charge in [0.2, 0.25) is 26.0 Å². The van der Waals surface area contributed by atoms with Crippen molar-refractivity contribution < 1.29 is 26.0 Å². The minimum Gasteiger partial charge on any atom is -0.326 e. The molecule has 0 atom stereocenters. The van der Waals surface area contributed by atoms with Gasteiger partial charge in [-0.25, -0.2) is 30.7 Å². The third-order valence-electron chi connectivity index (χ3n) is 4.60. The standard InChI is InChI=1S/C20H24FN3O5S2/c1-13(2)24-30(26,27)12-15-5-3-14(4-6-15)11-22-31(28,29)19-9-16-7-8-20(25)23-18(16)10-17(19)21/h3-6,9-10,13,22,24H,7-8,11-12H2,1-2H3,(H,23,25). The summed E-state index contributed by atoms with van der Waals surface area (Å²) in [6, 6.07) is 8.47. The zero-order valence-corrected chi connectivity index (χ0v) is 18.7. The van der Waals surface area contributed by atoms with E-state index in [-0.39, 0.29) is 36.4 Å². The summed E-state index contributed by atoms with van der Waals surface area (Å²) in [5, 5.41) is 2.53. The molecule has 0 saturated carbocycles. The van der Waals surface area contributed by atoms with Crippen molar-refractivity contribution in [2.45, 2.75) is 49.9 Å². The van der Waals surface area contributed by atoms with Crippen molar-refractivity contribution in [3.63, 3.8) is 0 Å². The number of fused-ring (bicyclic) bond motifs is 1. The lowest BCUT2D eigenvalue weighted by Crippen LogP contribution is -2.31. The molecule has 0 radical (unpaired) electrons. The van der Waals surface area contributed by atoms with E-state index in [2.05, 4.69) is 14.8 Å². The molecule has 11 heteroatoms. The van der Waals surface area contributed by atoms with Crippen molar-refractivity contribution in [3.05, 3.63) is 58.9 Å². The van der Waals surface area contributed by atoms with Crippen molar-refractivity contribution in [2.75, 3.05) is 5.32 Å². The highest BCUT2D eigenvalue weighted by Crippen LogP contribution is 2.28. The molecule has 0 bridgehead atoms. The van der Waals surface area contributed by atoms with Crippen molar-refractivity contribution in [1.82, 2.24) is 9.44 Å². The normalized spacial score (nSPS) is 14.4. The number of amides is 1. The third-order valence-corrected chi connectivity index (χ3v) is 7.56. The van der Waals surface area contributed by atoms with E-state index in [1.54, 1.807) is 38.1 Å². The van der Waals surface area contributed by atoms with E-state index >= 15 is 0 Å². The van der Waals surface area contributed by atoms with Gasteiger partial charge in [0.1, 0.15) is 10.7 Å². The van der Waals surface area contributed by atoms with Crippen LogP contribution in [0.2, 0.25) is 0 Å². The average Bonchev–Trinajstić information content (AvgIpc) is 2.65. The summed E-state index contributed by atoms with van der Waals surface area (Å²) in [6.45, 7) is 3.37. The van der Waals surface area contributed by atoms with E-state index in [0.717, 1.165) is 6.07 Å².